The summed E-state index contributed by atoms with van der Waals surface area (Å²) in [5.74, 6) is -3.52. The number of methoxy groups -OCH3 is 1. The van der Waals surface area contributed by atoms with E-state index in [-0.39, 0.29) is 22.4 Å². The number of ketones is 1. The number of ether oxygens (including phenoxy) is 2. The molecule has 6 nitrogen and oxygen atoms in total. The number of amides is 1. The number of anilines is 1. The van der Waals surface area contributed by atoms with Crippen LogP contribution in [0.5, 0.6) is 11.5 Å². The molecule has 0 aliphatic carbocycles. The monoisotopic (exact) mass is 535 g/mol. The number of hydrogen-bond donors (Lipinski definition) is 1. The third-order valence-electron chi connectivity index (χ3n) is 6.78. The number of aliphatic hydroxyl groups is 1. The number of benzene rings is 3. The molecule has 8 heteroatoms. The fraction of sp³-hybridized carbons (Fsp3) is 0.290. The SMILES string of the molecule is CCOc1cc(C2/C(=C(\O)c3cc(C(C)(C)C)ccc3C)C(=O)C(=O)N2c2ccc(F)cc2F)ccc1OC. The molecule has 0 radical (unpaired) electrons. The van der Waals surface area contributed by atoms with Gasteiger partial charge in [0.15, 0.2) is 11.5 Å². The Morgan fingerprint density at radius 1 is 1.00 bits per heavy atom. The fourth-order valence-corrected chi connectivity index (χ4v) is 4.69. The zero-order chi connectivity index (χ0) is 28.6. The third-order valence-corrected chi connectivity index (χ3v) is 6.78. The molecule has 1 amide bonds. The molecule has 0 spiro atoms. The second-order valence-corrected chi connectivity index (χ2v) is 10.4. The van der Waals surface area contributed by atoms with Crippen LogP contribution >= 0.6 is 0 Å². The van der Waals surface area contributed by atoms with Gasteiger partial charge in [0.05, 0.1) is 31.0 Å². The number of halogens is 2. The van der Waals surface area contributed by atoms with Gasteiger partial charge in [-0.2, -0.15) is 0 Å². The van der Waals surface area contributed by atoms with Gasteiger partial charge in [-0.25, -0.2) is 8.78 Å². The highest BCUT2D eigenvalue weighted by atomic mass is 19.1. The summed E-state index contributed by atoms with van der Waals surface area (Å²) in [6.07, 6.45) is 0. The van der Waals surface area contributed by atoms with Crippen LogP contribution in [0.1, 0.15) is 56.0 Å². The van der Waals surface area contributed by atoms with Crippen LogP contribution in [0.4, 0.5) is 14.5 Å². The highest BCUT2D eigenvalue weighted by Crippen LogP contribution is 2.45. The average Bonchev–Trinajstić information content (AvgIpc) is 3.13. The molecule has 3 aromatic carbocycles. The predicted molar refractivity (Wildman–Crippen MR) is 145 cm³/mol. The van der Waals surface area contributed by atoms with E-state index in [9.17, 15) is 19.1 Å². The molecule has 1 saturated heterocycles. The summed E-state index contributed by atoms with van der Waals surface area (Å²) in [5.41, 5.74) is 1.57. The van der Waals surface area contributed by atoms with Crippen LogP contribution in [0.25, 0.3) is 5.76 Å². The number of carbonyl (C=O) groups excluding carboxylic acids is 2. The Hall–Kier alpha value is -4.20. The van der Waals surface area contributed by atoms with Gasteiger partial charge in [-0.05, 0) is 66.3 Å². The summed E-state index contributed by atoms with van der Waals surface area (Å²) in [4.78, 5) is 27.9. The predicted octanol–water partition coefficient (Wildman–Crippen LogP) is 6.60. The van der Waals surface area contributed by atoms with E-state index in [1.807, 2.05) is 32.9 Å². The number of aliphatic hydroxyl groups excluding tert-OH is 1. The Bertz CT molecular complexity index is 1490. The largest absolute Gasteiger partial charge is 0.507 e. The third kappa shape index (κ3) is 5.11. The van der Waals surface area contributed by atoms with Crippen molar-refractivity contribution in [1.82, 2.24) is 0 Å². The standard InChI is InChI=1S/C31H31F2NO5/c1-7-39-25-14-18(9-13-24(25)38-6)27-26(28(35)21-15-19(31(3,4)5)10-8-17(21)2)29(36)30(37)34(27)23-12-11-20(32)16-22(23)33/h8-16,27,35H,7H2,1-6H3/b28-26+. The van der Waals surface area contributed by atoms with E-state index < -0.39 is 29.4 Å². The molecule has 1 aliphatic heterocycles. The minimum absolute atomic E-state index is 0.217. The Morgan fingerprint density at radius 2 is 1.72 bits per heavy atom. The zero-order valence-corrected chi connectivity index (χ0v) is 22.8. The van der Waals surface area contributed by atoms with Crippen molar-refractivity contribution >= 4 is 23.1 Å². The maximum absolute atomic E-state index is 15.0. The van der Waals surface area contributed by atoms with E-state index >= 15 is 4.39 Å². The van der Waals surface area contributed by atoms with Crippen LogP contribution in [0.2, 0.25) is 0 Å². The summed E-state index contributed by atoms with van der Waals surface area (Å²) in [7, 11) is 1.47. The lowest BCUT2D eigenvalue weighted by molar-refractivity contribution is -0.132. The lowest BCUT2D eigenvalue weighted by atomic mass is 9.84. The van der Waals surface area contributed by atoms with Gasteiger partial charge in [-0.3, -0.25) is 14.5 Å². The first kappa shape index (κ1) is 27.8. The van der Waals surface area contributed by atoms with Crippen LogP contribution in [0.15, 0.2) is 60.2 Å². The molecule has 3 aromatic rings. The Balaban J connectivity index is 2.03. The molecule has 4 rings (SSSR count). The van der Waals surface area contributed by atoms with Gasteiger partial charge >= 0.3 is 0 Å². The number of aryl methyl sites for hydroxylation is 1. The zero-order valence-electron chi connectivity index (χ0n) is 22.8. The van der Waals surface area contributed by atoms with E-state index in [1.54, 1.807) is 38.1 Å². The van der Waals surface area contributed by atoms with E-state index in [4.69, 9.17) is 9.47 Å². The van der Waals surface area contributed by atoms with Crippen LogP contribution in [0.3, 0.4) is 0 Å². The lowest BCUT2D eigenvalue weighted by Gasteiger charge is -2.27. The Morgan fingerprint density at radius 3 is 2.33 bits per heavy atom. The molecule has 0 aromatic heterocycles. The summed E-state index contributed by atoms with van der Waals surface area (Å²) in [6.45, 7) is 9.94. The summed E-state index contributed by atoms with van der Waals surface area (Å²) in [5, 5.41) is 11.6. The number of Topliss-reactive ketones (excluding diaryl/α,β-unsaturated/α-hetero) is 1. The minimum Gasteiger partial charge on any atom is -0.507 e. The molecule has 204 valence electrons. The first-order chi connectivity index (χ1) is 18.4. The second-order valence-electron chi connectivity index (χ2n) is 10.4. The molecule has 1 heterocycles. The van der Waals surface area contributed by atoms with Crippen molar-refractivity contribution in [1.29, 1.82) is 0 Å². The first-order valence-electron chi connectivity index (χ1n) is 12.6. The van der Waals surface area contributed by atoms with Crippen LogP contribution in [-0.2, 0) is 15.0 Å². The van der Waals surface area contributed by atoms with Crippen molar-refractivity contribution in [3.05, 3.63) is 94.1 Å². The number of carbonyl (C=O) groups is 2. The van der Waals surface area contributed by atoms with Crippen molar-refractivity contribution in [3.8, 4) is 11.5 Å². The van der Waals surface area contributed by atoms with Gasteiger partial charge < -0.3 is 14.6 Å². The minimum atomic E-state index is -1.23. The van der Waals surface area contributed by atoms with E-state index in [0.29, 0.717) is 40.9 Å². The van der Waals surface area contributed by atoms with Gasteiger partial charge in [-0.15, -0.1) is 0 Å². The smallest absolute Gasteiger partial charge is 0.300 e. The Labute approximate surface area is 226 Å². The normalized spacial score (nSPS) is 17.0. The number of hydrogen-bond acceptors (Lipinski definition) is 5. The van der Waals surface area contributed by atoms with E-state index in [0.717, 1.165) is 22.6 Å². The maximum Gasteiger partial charge on any atom is 0.300 e. The average molecular weight is 536 g/mol. The molecule has 39 heavy (non-hydrogen) atoms. The van der Waals surface area contributed by atoms with Gasteiger partial charge in [0.25, 0.3) is 11.7 Å². The number of rotatable bonds is 6. The molecule has 1 N–H and O–H groups in total. The van der Waals surface area contributed by atoms with E-state index in [1.165, 1.54) is 7.11 Å². The van der Waals surface area contributed by atoms with Crippen LogP contribution < -0.4 is 14.4 Å². The molecule has 1 unspecified atom stereocenters. The first-order valence-corrected chi connectivity index (χ1v) is 12.6. The molecular weight excluding hydrogens is 504 g/mol. The van der Waals surface area contributed by atoms with Gasteiger partial charge in [0.2, 0.25) is 0 Å². The lowest BCUT2D eigenvalue weighted by Crippen LogP contribution is -2.30. The fourth-order valence-electron chi connectivity index (χ4n) is 4.69. The number of nitrogens with zero attached hydrogens (tertiary/aromatic N) is 1. The molecule has 0 bridgehead atoms. The van der Waals surface area contributed by atoms with Crippen molar-refractivity contribution in [2.45, 2.75) is 46.1 Å². The van der Waals surface area contributed by atoms with Gasteiger partial charge in [0.1, 0.15) is 17.4 Å². The quantitative estimate of drug-likeness (QED) is 0.219. The summed E-state index contributed by atoms with van der Waals surface area (Å²) < 4.78 is 39.9. The summed E-state index contributed by atoms with van der Waals surface area (Å²) >= 11 is 0. The van der Waals surface area contributed by atoms with Crippen molar-refractivity contribution in [2.75, 3.05) is 18.6 Å². The van der Waals surface area contributed by atoms with Crippen molar-refractivity contribution in [2.24, 2.45) is 0 Å². The Kier molecular flexibility index (Phi) is 7.50. The molecule has 1 aliphatic rings. The molecule has 1 fully saturated rings. The summed E-state index contributed by atoms with van der Waals surface area (Å²) in [6, 6.07) is 11.9. The molecular formula is C31H31F2NO5. The molecule has 0 saturated carbocycles. The topological polar surface area (TPSA) is 76.1 Å². The van der Waals surface area contributed by atoms with Gasteiger partial charge in [0, 0.05) is 11.6 Å². The maximum atomic E-state index is 15.0. The van der Waals surface area contributed by atoms with E-state index in [2.05, 4.69) is 0 Å². The van der Waals surface area contributed by atoms with Crippen LogP contribution in [0, 0.1) is 18.6 Å². The molecule has 1 atom stereocenters. The highest BCUT2D eigenvalue weighted by molar-refractivity contribution is 6.51. The van der Waals surface area contributed by atoms with Crippen LogP contribution in [-0.4, -0.2) is 30.5 Å². The van der Waals surface area contributed by atoms with Crippen molar-refractivity contribution in [3.63, 3.8) is 0 Å². The highest BCUT2D eigenvalue weighted by Gasteiger charge is 2.48. The van der Waals surface area contributed by atoms with Crippen molar-refractivity contribution < 1.29 is 33.0 Å². The second kappa shape index (κ2) is 10.5. The van der Waals surface area contributed by atoms with Gasteiger partial charge in [-0.1, -0.05) is 39.0 Å².